The molecule has 1 aliphatic heterocycles. The molecule has 1 atom stereocenters. The zero-order valence-corrected chi connectivity index (χ0v) is 13.0. The second-order valence-electron chi connectivity index (χ2n) is 5.59. The zero-order valence-electron chi connectivity index (χ0n) is 13.0. The minimum absolute atomic E-state index is 0.0408. The first-order valence-electron chi connectivity index (χ1n) is 7.70. The van der Waals surface area contributed by atoms with Gasteiger partial charge in [-0.25, -0.2) is 4.98 Å². The predicted octanol–water partition coefficient (Wildman–Crippen LogP) is 2.19. The van der Waals surface area contributed by atoms with Crippen LogP contribution < -0.4 is 5.32 Å². The highest BCUT2D eigenvalue weighted by Gasteiger charge is 2.25. The number of rotatable bonds is 4. The van der Waals surface area contributed by atoms with Gasteiger partial charge in [0.05, 0.1) is 6.20 Å². The summed E-state index contributed by atoms with van der Waals surface area (Å²) in [5.41, 5.74) is 2.11. The third-order valence-corrected chi connectivity index (χ3v) is 3.98. The molecule has 0 radical (unpaired) electrons. The van der Waals surface area contributed by atoms with E-state index < -0.39 is 0 Å². The van der Waals surface area contributed by atoms with Crippen molar-refractivity contribution in [2.24, 2.45) is 0 Å². The van der Waals surface area contributed by atoms with Gasteiger partial charge in [-0.2, -0.15) is 5.26 Å². The van der Waals surface area contributed by atoms with Gasteiger partial charge in [0.1, 0.15) is 0 Å². The number of benzene rings is 1. The van der Waals surface area contributed by atoms with E-state index in [0.717, 1.165) is 18.4 Å². The molecule has 0 bridgehead atoms. The van der Waals surface area contributed by atoms with E-state index in [9.17, 15) is 4.79 Å². The van der Waals surface area contributed by atoms with Gasteiger partial charge >= 0.3 is 5.91 Å². The third kappa shape index (κ3) is 3.34. The number of hydrogen-bond donors (Lipinski definition) is 1. The summed E-state index contributed by atoms with van der Waals surface area (Å²) >= 11 is 0. The fourth-order valence-corrected chi connectivity index (χ4v) is 2.67. The molecule has 0 saturated carbocycles. The van der Waals surface area contributed by atoms with Gasteiger partial charge in [-0.3, -0.25) is 4.79 Å². The summed E-state index contributed by atoms with van der Waals surface area (Å²) in [6.45, 7) is 3.29. The SMILES string of the molecule is CCc1cccc(-c2cnc(C(=O)NC3CCN(C#N)C3)o2)c1. The molecule has 1 N–H and O–H groups in total. The minimum atomic E-state index is -0.340. The van der Waals surface area contributed by atoms with Crippen LogP contribution in [0.2, 0.25) is 0 Å². The van der Waals surface area contributed by atoms with Gasteiger partial charge in [-0.1, -0.05) is 25.1 Å². The van der Waals surface area contributed by atoms with Crippen molar-refractivity contribution in [1.29, 1.82) is 5.26 Å². The lowest BCUT2D eigenvalue weighted by atomic mass is 10.1. The Balaban J connectivity index is 1.69. The van der Waals surface area contributed by atoms with Crippen LogP contribution in [0.3, 0.4) is 0 Å². The smallest absolute Gasteiger partial charge is 0.307 e. The normalized spacial score (nSPS) is 17.0. The van der Waals surface area contributed by atoms with Gasteiger partial charge in [0.15, 0.2) is 12.0 Å². The van der Waals surface area contributed by atoms with Gasteiger partial charge in [0, 0.05) is 24.7 Å². The number of nitrogens with zero attached hydrogens (tertiary/aromatic N) is 3. The molecule has 0 aliphatic carbocycles. The number of aryl methyl sites for hydroxylation is 1. The van der Waals surface area contributed by atoms with E-state index >= 15 is 0 Å². The van der Waals surface area contributed by atoms with E-state index in [4.69, 9.17) is 9.68 Å². The summed E-state index contributed by atoms with van der Waals surface area (Å²) in [4.78, 5) is 17.9. The molecule has 2 aromatic rings. The first-order chi connectivity index (χ1) is 11.2. The lowest BCUT2D eigenvalue weighted by Gasteiger charge is -2.10. The number of hydrogen-bond acceptors (Lipinski definition) is 5. The minimum Gasteiger partial charge on any atom is -0.432 e. The molecular weight excluding hydrogens is 292 g/mol. The Kier molecular flexibility index (Phi) is 4.29. The summed E-state index contributed by atoms with van der Waals surface area (Å²) in [5, 5.41) is 11.7. The molecule has 1 amide bonds. The maximum atomic E-state index is 12.2. The highest BCUT2D eigenvalue weighted by Crippen LogP contribution is 2.22. The molecule has 6 heteroatoms. The van der Waals surface area contributed by atoms with Gasteiger partial charge in [0.25, 0.3) is 5.89 Å². The van der Waals surface area contributed by atoms with Crippen molar-refractivity contribution in [2.45, 2.75) is 25.8 Å². The molecule has 6 nitrogen and oxygen atoms in total. The second-order valence-corrected chi connectivity index (χ2v) is 5.59. The maximum absolute atomic E-state index is 12.2. The summed E-state index contributed by atoms with van der Waals surface area (Å²) in [7, 11) is 0. The molecule has 1 aromatic carbocycles. The number of carbonyl (C=O) groups is 1. The topological polar surface area (TPSA) is 82.2 Å². The van der Waals surface area contributed by atoms with Crippen LogP contribution in [-0.2, 0) is 6.42 Å². The van der Waals surface area contributed by atoms with Gasteiger partial charge in [0.2, 0.25) is 0 Å². The van der Waals surface area contributed by atoms with Crippen molar-refractivity contribution in [1.82, 2.24) is 15.2 Å². The average molecular weight is 310 g/mol. The Labute approximate surface area is 134 Å². The van der Waals surface area contributed by atoms with E-state index in [1.165, 1.54) is 5.56 Å². The number of oxazole rings is 1. The number of aromatic nitrogens is 1. The number of nitriles is 1. The number of likely N-dealkylation sites (tertiary alicyclic amines) is 1. The van der Waals surface area contributed by atoms with Crippen molar-refractivity contribution in [3.8, 4) is 17.5 Å². The van der Waals surface area contributed by atoms with Crippen molar-refractivity contribution in [2.75, 3.05) is 13.1 Å². The largest absolute Gasteiger partial charge is 0.432 e. The van der Waals surface area contributed by atoms with E-state index in [1.807, 2.05) is 18.2 Å². The number of carbonyl (C=O) groups excluding carboxylic acids is 1. The molecule has 23 heavy (non-hydrogen) atoms. The quantitative estimate of drug-likeness (QED) is 0.875. The van der Waals surface area contributed by atoms with E-state index in [-0.39, 0.29) is 17.8 Å². The van der Waals surface area contributed by atoms with Gasteiger partial charge < -0.3 is 14.6 Å². The third-order valence-electron chi connectivity index (χ3n) is 3.98. The first kappa shape index (κ1) is 15.1. The molecule has 3 rings (SSSR count). The van der Waals surface area contributed by atoms with Crippen molar-refractivity contribution in [3.05, 3.63) is 41.9 Å². The molecular formula is C17H18N4O2. The number of nitrogens with one attached hydrogen (secondary N) is 1. The monoisotopic (exact) mass is 310 g/mol. The molecule has 1 saturated heterocycles. The first-order valence-corrected chi connectivity index (χ1v) is 7.70. The van der Waals surface area contributed by atoms with Crippen LogP contribution in [0.15, 0.2) is 34.9 Å². The summed E-state index contributed by atoms with van der Waals surface area (Å²) in [6.07, 6.45) is 5.35. The molecule has 1 unspecified atom stereocenters. The van der Waals surface area contributed by atoms with E-state index in [1.54, 1.807) is 11.1 Å². The van der Waals surface area contributed by atoms with Gasteiger partial charge in [-0.15, -0.1) is 0 Å². The standard InChI is InChI=1S/C17H18N4O2/c1-2-12-4-3-5-13(8-12)15-9-19-17(23-15)16(22)20-14-6-7-21(10-14)11-18/h3-5,8-9,14H,2,6-7,10H2,1H3,(H,20,22). The van der Waals surface area contributed by atoms with Crippen LogP contribution in [0.4, 0.5) is 0 Å². The van der Waals surface area contributed by atoms with Crippen LogP contribution in [-0.4, -0.2) is 34.9 Å². The second kappa shape index (κ2) is 6.53. The van der Waals surface area contributed by atoms with Crippen molar-refractivity contribution in [3.63, 3.8) is 0 Å². The van der Waals surface area contributed by atoms with Gasteiger partial charge in [-0.05, 0) is 24.5 Å². The van der Waals surface area contributed by atoms with Crippen LogP contribution in [0, 0.1) is 11.5 Å². The molecule has 2 heterocycles. The van der Waals surface area contributed by atoms with Crippen LogP contribution in [0.25, 0.3) is 11.3 Å². The molecule has 0 spiro atoms. The highest BCUT2D eigenvalue weighted by molar-refractivity contribution is 5.90. The Morgan fingerprint density at radius 1 is 1.57 bits per heavy atom. The van der Waals surface area contributed by atoms with Crippen LogP contribution in [0.5, 0.6) is 0 Å². The number of amides is 1. The fourth-order valence-electron chi connectivity index (χ4n) is 2.67. The van der Waals surface area contributed by atoms with E-state index in [0.29, 0.717) is 18.8 Å². The maximum Gasteiger partial charge on any atom is 0.307 e. The Morgan fingerprint density at radius 2 is 2.43 bits per heavy atom. The van der Waals surface area contributed by atoms with Crippen LogP contribution in [0.1, 0.15) is 29.6 Å². The Hall–Kier alpha value is -2.81. The fraction of sp³-hybridized carbons (Fsp3) is 0.353. The van der Waals surface area contributed by atoms with E-state index in [2.05, 4.69) is 29.5 Å². The molecule has 1 aromatic heterocycles. The molecule has 1 fully saturated rings. The summed E-state index contributed by atoms with van der Waals surface area (Å²) < 4.78 is 5.59. The Morgan fingerprint density at radius 3 is 3.17 bits per heavy atom. The zero-order chi connectivity index (χ0) is 16.2. The predicted molar refractivity (Wildman–Crippen MR) is 84.4 cm³/mol. The lowest BCUT2D eigenvalue weighted by molar-refractivity contribution is 0.0904. The average Bonchev–Trinajstić information content (AvgIpc) is 3.24. The molecule has 118 valence electrons. The Bertz CT molecular complexity index is 747. The summed E-state index contributed by atoms with van der Waals surface area (Å²) in [6, 6.07) is 7.94. The van der Waals surface area contributed by atoms with Crippen LogP contribution >= 0.6 is 0 Å². The highest BCUT2D eigenvalue weighted by atomic mass is 16.4. The van der Waals surface area contributed by atoms with Crippen molar-refractivity contribution >= 4 is 5.91 Å². The molecule has 1 aliphatic rings. The summed E-state index contributed by atoms with van der Waals surface area (Å²) in [5.74, 6) is 0.292. The lowest BCUT2D eigenvalue weighted by Crippen LogP contribution is -2.36. The van der Waals surface area contributed by atoms with Crippen molar-refractivity contribution < 1.29 is 9.21 Å².